The molecule has 1 atom stereocenters. The molecule has 0 aliphatic heterocycles. The van der Waals surface area contributed by atoms with E-state index in [9.17, 15) is 0 Å². The molecule has 144 valence electrons. The lowest BCUT2D eigenvalue weighted by atomic mass is 10.1. The van der Waals surface area contributed by atoms with E-state index in [1.54, 1.807) is 0 Å². The van der Waals surface area contributed by atoms with Gasteiger partial charge in [0, 0.05) is 12.6 Å². The fourth-order valence-corrected chi connectivity index (χ4v) is 4.42. The highest BCUT2D eigenvalue weighted by Gasteiger charge is 2.27. The van der Waals surface area contributed by atoms with Crippen LogP contribution in [0.3, 0.4) is 0 Å². The monoisotopic (exact) mass is 390 g/mol. The number of aromatic nitrogens is 3. The molecule has 0 amide bonds. The number of nitrogens with zero attached hydrogens (tertiary/aromatic N) is 4. The normalized spacial score (nSPS) is 15.7. The highest BCUT2D eigenvalue weighted by atomic mass is 32.1. The van der Waals surface area contributed by atoms with Gasteiger partial charge in [0.15, 0.2) is 4.77 Å². The molecule has 5 heteroatoms. The summed E-state index contributed by atoms with van der Waals surface area (Å²) >= 11 is 5.78. The third-order valence-corrected chi connectivity index (χ3v) is 5.94. The summed E-state index contributed by atoms with van der Waals surface area (Å²) in [6.45, 7) is 8.23. The first kappa shape index (κ1) is 18.8. The Hall–Kier alpha value is -2.50. The van der Waals surface area contributed by atoms with Crippen molar-refractivity contribution in [1.82, 2.24) is 19.2 Å². The lowest BCUT2D eigenvalue weighted by Gasteiger charge is -2.28. The Balaban J connectivity index is 1.59. The molecule has 3 aromatic rings. The minimum Gasteiger partial charge on any atom is -0.300 e. The largest absolute Gasteiger partial charge is 0.300 e. The van der Waals surface area contributed by atoms with E-state index in [1.165, 1.54) is 16.7 Å². The van der Waals surface area contributed by atoms with Crippen LogP contribution in [-0.4, -0.2) is 25.8 Å². The maximum Gasteiger partial charge on any atom is 0.199 e. The lowest BCUT2D eigenvalue weighted by Crippen LogP contribution is -2.30. The van der Waals surface area contributed by atoms with Crippen molar-refractivity contribution in [2.45, 2.75) is 39.0 Å². The fraction of sp³-hybridized carbons (Fsp3) is 0.304. The van der Waals surface area contributed by atoms with Crippen LogP contribution in [0.2, 0.25) is 0 Å². The average molecular weight is 391 g/mol. The lowest BCUT2D eigenvalue weighted by molar-refractivity contribution is 0.159. The van der Waals surface area contributed by atoms with E-state index in [0.29, 0.717) is 12.7 Å². The first-order valence-corrected chi connectivity index (χ1v) is 10.2. The summed E-state index contributed by atoms with van der Waals surface area (Å²) in [6, 6.07) is 19.5. The summed E-state index contributed by atoms with van der Waals surface area (Å²) in [4.78, 5) is 2.42. The molecule has 0 saturated heterocycles. The van der Waals surface area contributed by atoms with Crippen molar-refractivity contribution in [2.24, 2.45) is 0 Å². The highest BCUT2D eigenvalue weighted by molar-refractivity contribution is 7.71. The van der Waals surface area contributed by atoms with Crippen LogP contribution in [0.25, 0.3) is 0 Å². The summed E-state index contributed by atoms with van der Waals surface area (Å²) < 4.78 is 4.83. The third kappa shape index (κ3) is 3.73. The van der Waals surface area contributed by atoms with Gasteiger partial charge in [0.25, 0.3) is 0 Å². The molecular formula is C23H26N4S. The number of hydrogen-bond acceptors (Lipinski definition) is 3. The van der Waals surface area contributed by atoms with E-state index < -0.39 is 0 Å². The number of benzene rings is 2. The number of aryl methyl sites for hydroxylation is 2. The summed E-state index contributed by atoms with van der Waals surface area (Å²) in [7, 11) is 0. The molecule has 0 spiro atoms. The summed E-state index contributed by atoms with van der Waals surface area (Å²) in [6.07, 6.45) is 4.23. The van der Waals surface area contributed by atoms with E-state index in [2.05, 4.69) is 64.6 Å². The van der Waals surface area contributed by atoms with Gasteiger partial charge in [-0.05, 0) is 48.7 Å². The Kier molecular flexibility index (Phi) is 5.55. The van der Waals surface area contributed by atoms with Crippen molar-refractivity contribution in [3.8, 4) is 0 Å². The predicted octanol–water partition coefficient (Wildman–Crippen LogP) is 4.90. The molecule has 0 radical (unpaired) electrons. The zero-order valence-corrected chi connectivity index (χ0v) is 17.1. The first-order chi connectivity index (χ1) is 13.7. The predicted molar refractivity (Wildman–Crippen MR) is 116 cm³/mol. The third-order valence-electron chi connectivity index (χ3n) is 5.51. The Morgan fingerprint density at radius 2 is 1.93 bits per heavy atom. The van der Waals surface area contributed by atoms with E-state index in [-0.39, 0.29) is 0 Å². The highest BCUT2D eigenvalue weighted by Crippen LogP contribution is 2.35. The number of fused-ring (bicyclic) bond motifs is 1. The van der Waals surface area contributed by atoms with Crippen LogP contribution >= 0.6 is 12.2 Å². The zero-order valence-electron chi connectivity index (χ0n) is 16.3. The molecule has 1 unspecified atom stereocenters. The molecule has 1 aliphatic rings. The van der Waals surface area contributed by atoms with Gasteiger partial charge in [-0.1, -0.05) is 60.7 Å². The second-order valence-corrected chi connectivity index (χ2v) is 7.72. The van der Waals surface area contributed by atoms with Crippen LogP contribution in [0, 0.1) is 11.7 Å². The molecule has 1 aromatic heterocycles. The molecule has 0 fully saturated rings. The zero-order chi connectivity index (χ0) is 19.5. The Bertz CT molecular complexity index is 1020. The molecule has 28 heavy (non-hydrogen) atoms. The van der Waals surface area contributed by atoms with Crippen molar-refractivity contribution < 1.29 is 0 Å². The number of hydrogen-bond donors (Lipinski definition) is 0. The standard InChI is InChI=1S/C23H26N4S/c1-3-15-25(22-14-13-20-11-7-8-12-21(20)22)17-27-23(28)26(18(2)24-27)16-19-9-5-4-6-10-19/h3-12,22H,1,13-17H2,2H3. The van der Waals surface area contributed by atoms with Crippen molar-refractivity contribution >= 4 is 12.2 Å². The summed E-state index contributed by atoms with van der Waals surface area (Å²) in [5.41, 5.74) is 4.11. The topological polar surface area (TPSA) is 26.0 Å². The first-order valence-electron chi connectivity index (χ1n) is 9.78. The van der Waals surface area contributed by atoms with Crippen LogP contribution in [0.5, 0.6) is 0 Å². The van der Waals surface area contributed by atoms with E-state index in [1.807, 2.05) is 23.7 Å². The van der Waals surface area contributed by atoms with Gasteiger partial charge in [-0.3, -0.25) is 9.47 Å². The van der Waals surface area contributed by atoms with E-state index in [0.717, 1.165) is 36.5 Å². The average Bonchev–Trinajstić information content (AvgIpc) is 3.25. The van der Waals surface area contributed by atoms with Crippen molar-refractivity contribution in [2.75, 3.05) is 6.54 Å². The van der Waals surface area contributed by atoms with Crippen LogP contribution in [-0.2, 0) is 19.6 Å². The molecule has 1 aliphatic carbocycles. The maximum atomic E-state index is 5.78. The summed E-state index contributed by atoms with van der Waals surface area (Å²) in [5, 5.41) is 4.76. The van der Waals surface area contributed by atoms with Crippen LogP contribution in [0.4, 0.5) is 0 Å². The fourth-order valence-electron chi connectivity index (χ4n) is 4.12. The van der Waals surface area contributed by atoms with Crippen molar-refractivity contribution in [3.63, 3.8) is 0 Å². The summed E-state index contributed by atoms with van der Waals surface area (Å²) in [5.74, 6) is 0.944. The van der Waals surface area contributed by atoms with Gasteiger partial charge < -0.3 is 0 Å². The molecule has 2 aromatic carbocycles. The molecule has 4 nitrogen and oxygen atoms in total. The second kappa shape index (κ2) is 8.25. The van der Waals surface area contributed by atoms with Gasteiger partial charge in [-0.15, -0.1) is 6.58 Å². The Morgan fingerprint density at radius 3 is 2.71 bits per heavy atom. The van der Waals surface area contributed by atoms with Gasteiger partial charge in [0.05, 0.1) is 13.2 Å². The van der Waals surface area contributed by atoms with Gasteiger partial charge in [0.2, 0.25) is 0 Å². The van der Waals surface area contributed by atoms with E-state index >= 15 is 0 Å². The smallest absolute Gasteiger partial charge is 0.199 e. The minimum atomic E-state index is 0.385. The maximum absolute atomic E-state index is 5.78. The van der Waals surface area contributed by atoms with Crippen LogP contribution < -0.4 is 0 Å². The molecular weight excluding hydrogens is 364 g/mol. The van der Waals surface area contributed by atoms with Crippen LogP contribution in [0.1, 0.15) is 35.0 Å². The van der Waals surface area contributed by atoms with Crippen molar-refractivity contribution in [3.05, 3.63) is 94.5 Å². The second-order valence-electron chi connectivity index (χ2n) is 7.36. The minimum absolute atomic E-state index is 0.385. The van der Waals surface area contributed by atoms with Gasteiger partial charge >= 0.3 is 0 Å². The van der Waals surface area contributed by atoms with Crippen molar-refractivity contribution in [1.29, 1.82) is 0 Å². The van der Waals surface area contributed by atoms with Gasteiger partial charge in [0.1, 0.15) is 5.82 Å². The van der Waals surface area contributed by atoms with E-state index in [4.69, 9.17) is 17.3 Å². The molecule has 4 rings (SSSR count). The van der Waals surface area contributed by atoms with Gasteiger partial charge in [-0.25, -0.2) is 4.68 Å². The Morgan fingerprint density at radius 1 is 1.18 bits per heavy atom. The Labute approximate surface area is 171 Å². The molecule has 0 bridgehead atoms. The molecule has 1 heterocycles. The van der Waals surface area contributed by atoms with Crippen LogP contribution in [0.15, 0.2) is 67.3 Å². The van der Waals surface area contributed by atoms with Gasteiger partial charge in [-0.2, -0.15) is 5.10 Å². The number of rotatable bonds is 7. The molecule has 0 saturated carbocycles. The quantitative estimate of drug-likeness (QED) is 0.424. The molecule has 0 N–H and O–H groups in total. The SMILES string of the molecule is C=CCN(Cn1nc(C)n(Cc2ccccc2)c1=S)C1CCc2ccccc21.